The van der Waals surface area contributed by atoms with E-state index in [2.05, 4.69) is 14.1 Å². The Kier molecular flexibility index (Phi) is 3.22. The average molecular weight is 282 g/mol. The quantitative estimate of drug-likeness (QED) is 0.908. The van der Waals surface area contributed by atoms with E-state index in [4.69, 9.17) is 23.2 Å². The molecule has 3 nitrogen and oxygen atoms in total. The van der Waals surface area contributed by atoms with Crippen LogP contribution < -0.4 is 5.32 Å². The first-order valence-electron chi connectivity index (χ1n) is 3.97. The third-order valence-corrected chi connectivity index (χ3v) is 2.89. The van der Waals surface area contributed by atoms with Gasteiger partial charge in [-0.15, -0.1) is 0 Å². The molecule has 2 rings (SSSR count). The van der Waals surface area contributed by atoms with Crippen LogP contribution in [0.3, 0.4) is 0 Å². The van der Waals surface area contributed by atoms with Crippen molar-refractivity contribution in [2.45, 2.75) is 0 Å². The standard InChI is InChI=1S/C8H3Cl2F2N3S/c9-4-1-3(11)2-5(12)6(4)13-8-7(10)14-16-15-8/h1-2H,(H,13,15). The predicted molar refractivity (Wildman–Crippen MR) is 59.6 cm³/mol. The van der Waals surface area contributed by atoms with Gasteiger partial charge in [0.25, 0.3) is 0 Å². The molecule has 0 saturated carbocycles. The first-order chi connectivity index (χ1) is 7.58. The number of nitrogens with zero attached hydrogens (tertiary/aromatic N) is 2. The monoisotopic (exact) mass is 281 g/mol. The number of rotatable bonds is 2. The van der Waals surface area contributed by atoms with E-state index >= 15 is 0 Å². The molecule has 1 N–H and O–H groups in total. The highest BCUT2D eigenvalue weighted by molar-refractivity contribution is 6.99. The van der Waals surface area contributed by atoms with Crippen molar-refractivity contribution in [2.24, 2.45) is 0 Å². The molecule has 1 heterocycles. The summed E-state index contributed by atoms with van der Waals surface area (Å²) in [5.74, 6) is -1.40. The summed E-state index contributed by atoms with van der Waals surface area (Å²) in [4.78, 5) is 0. The zero-order valence-electron chi connectivity index (χ0n) is 7.47. The average Bonchev–Trinajstić information content (AvgIpc) is 2.57. The van der Waals surface area contributed by atoms with Crippen molar-refractivity contribution in [1.29, 1.82) is 0 Å². The molecule has 0 fully saturated rings. The normalized spacial score (nSPS) is 10.5. The van der Waals surface area contributed by atoms with Crippen LogP contribution in [0.25, 0.3) is 0 Å². The predicted octanol–water partition coefficient (Wildman–Crippen LogP) is 3.87. The highest BCUT2D eigenvalue weighted by atomic mass is 35.5. The number of anilines is 2. The molecule has 0 amide bonds. The van der Waals surface area contributed by atoms with E-state index in [0.29, 0.717) is 6.07 Å². The van der Waals surface area contributed by atoms with Crippen LogP contribution in [0.5, 0.6) is 0 Å². The summed E-state index contributed by atoms with van der Waals surface area (Å²) in [6.45, 7) is 0. The Labute approximate surface area is 103 Å². The van der Waals surface area contributed by atoms with Gasteiger partial charge in [0.15, 0.2) is 16.8 Å². The molecule has 0 saturated heterocycles. The second kappa shape index (κ2) is 4.48. The minimum Gasteiger partial charge on any atom is -0.333 e. The Morgan fingerprint density at radius 2 is 1.94 bits per heavy atom. The van der Waals surface area contributed by atoms with Crippen LogP contribution in [0.2, 0.25) is 10.2 Å². The lowest BCUT2D eigenvalue weighted by Crippen LogP contribution is -1.96. The van der Waals surface area contributed by atoms with Crippen LogP contribution in [-0.2, 0) is 0 Å². The minimum absolute atomic E-state index is 0.0855. The summed E-state index contributed by atoms with van der Waals surface area (Å²) >= 11 is 12.2. The zero-order valence-corrected chi connectivity index (χ0v) is 9.80. The second-order valence-electron chi connectivity index (χ2n) is 2.77. The summed E-state index contributed by atoms with van der Waals surface area (Å²) in [7, 11) is 0. The maximum atomic E-state index is 13.4. The fraction of sp³-hybridized carbons (Fsp3) is 0. The van der Waals surface area contributed by atoms with Crippen molar-refractivity contribution >= 4 is 46.4 Å². The highest BCUT2D eigenvalue weighted by Crippen LogP contribution is 2.31. The lowest BCUT2D eigenvalue weighted by Gasteiger charge is -2.06. The molecule has 0 aliphatic heterocycles. The molecule has 0 unspecified atom stereocenters. The number of aromatic nitrogens is 2. The molecule has 16 heavy (non-hydrogen) atoms. The van der Waals surface area contributed by atoms with Crippen LogP contribution in [-0.4, -0.2) is 8.75 Å². The Balaban J connectivity index is 2.39. The topological polar surface area (TPSA) is 37.8 Å². The number of benzene rings is 1. The molecule has 2 aromatic rings. The first-order valence-corrected chi connectivity index (χ1v) is 5.46. The smallest absolute Gasteiger partial charge is 0.187 e. The maximum Gasteiger partial charge on any atom is 0.187 e. The van der Waals surface area contributed by atoms with Gasteiger partial charge in [0.2, 0.25) is 0 Å². The van der Waals surface area contributed by atoms with Crippen molar-refractivity contribution in [2.75, 3.05) is 5.32 Å². The zero-order chi connectivity index (χ0) is 11.7. The molecule has 0 aliphatic carbocycles. The largest absolute Gasteiger partial charge is 0.333 e. The van der Waals surface area contributed by atoms with Gasteiger partial charge in [-0.25, -0.2) is 8.78 Å². The van der Waals surface area contributed by atoms with Crippen LogP contribution in [0.4, 0.5) is 20.3 Å². The summed E-state index contributed by atoms with van der Waals surface area (Å²) < 4.78 is 33.6. The molecule has 8 heteroatoms. The van der Waals surface area contributed by atoms with E-state index in [-0.39, 0.29) is 21.7 Å². The fourth-order valence-corrected chi connectivity index (χ4v) is 1.92. The van der Waals surface area contributed by atoms with Gasteiger partial charge in [0, 0.05) is 6.07 Å². The lowest BCUT2D eigenvalue weighted by atomic mass is 10.3. The Bertz CT molecular complexity index is 509. The molecule has 0 atom stereocenters. The first kappa shape index (κ1) is 11.5. The van der Waals surface area contributed by atoms with Crippen molar-refractivity contribution in [3.63, 3.8) is 0 Å². The minimum atomic E-state index is -0.825. The summed E-state index contributed by atoms with van der Waals surface area (Å²) in [6.07, 6.45) is 0. The molecule has 1 aromatic heterocycles. The van der Waals surface area contributed by atoms with E-state index in [1.54, 1.807) is 0 Å². The molecule has 0 aliphatic rings. The van der Waals surface area contributed by atoms with Crippen LogP contribution in [0.15, 0.2) is 12.1 Å². The van der Waals surface area contributed by atoms with E-state index in [9.17, 15) is 8.78 Å². The van der Waals surface area contributed by atoms with Crippen LogP contribution >= 0.6 is 34.9 Å². The molecule has 0 spiro atoms. The van der Waals surface area contributed by atoms with Crippen molar-refractivity contribution in [1.82, 2.24) is 8.75 Å². The third-order valence-electron chi connectivity index (χ3n) is 1.70. The maximum absolute atomic E-state index is 13.4. The number of hydrogen-bond donors (Lipinski definition) is 1. The fourth-order valence-electron chi connectivity index (χ4n) is 1.03. The molecular formula is C8H3Cl2F2N3S. The second-order valence-corrected chi connectivity index (χ2v) is 4.07. The van der Waals surface area contributed by atoms with Gasteiger partial charge >= 0.3 is 0 Å². The van der Waals surface area contributed by atoms with Crippen molar-refractivity contribution in [3.8, 4) is 0 Å². The van der Waals surface area contributed by atoms with E-state index < -0.39 is 11.6 Å². The number of nitrogens with one attached hydrogen (secondary N) is 1. The number of halogens is 4. The Morgan fingerprint density at radius 1 is 1.19 bits per heavy atom. The van der Waals surface area contributed by atoms with Gasteiger partial charge in [-0.1, -0.05) is 23.2 Å². The van der Waals surface area contributed by atoms with Crippen molar-refractivity contribution < 1.29 is 8.78 Å². The van der Waals surface area contributed by atoms with Crippen LogP contribution in [0.1, 0.15) is 0 Å². The van der Waals surface area contributed by atoms with Gasteiger partial charge in [-0.3, -0.25) is 0 Å². The molecule has 84 valence electrons. The SMILES string of the molecule is Fc1cc(F)c(Nc2nsnc2Cl)c(Cl)c1. The Morgan fingerprint density at radius 3 is 2.50 bits per heavy atom. The van der Waals surface area contributed by atoms with Gasteiger partial charge in [0.1, 0.15) is 5.82 Å². The Hall–Kier alpha value is -0.980. The van der Waals surface area contributed by atoms with E-state index in [1.165, 1.54) is 0 Å². The third kappa shape index (κ3) is 2.23. The molecular weight excluding hydrogens is 279 g/mol. The van der Waals surface area contributed by atoms with Crippen LogP contribution in [0, 0.1) is 11.6 Å². The summed E-state index contributed by atoms with van der Waals surface area (Å²) in [5, 5.41) is 2.55. The van der Waals surface area contributed by atoms with Gasteiger partial charge in [-0.2, -0.15) is 8.75 Å². The van der Waals surface area contributed by atoms with Gasteiger partial charge < -0.3 is 5.32 Å². The summed E-state index contributed by atoms with van der Waals surface area (Å²) in [6, 6.07) is 1.70. The van der Waals surface area contributed by atoms with Gasteiger partial charge in [0.05, 0.1) is 22.4 Å². The summed E-state index contributed by atoms with van der Waals surface area (Å²) in [5.41, 5.74) is -0.0855. The molecule has 0 radical (unpaired) electrons. The molecule has 1 aromatic carbocycles. The number of hydrogen-bond acceptors (Lipinski definition) is 4. The van der Waals surface area contributed by atoms with E-state index in [1.807, 2.05) is 0 Å². The highest BCUT2D eigenvalue weighted by Gasteiger charge is 2.13. The van der Waals surface area contributed by atoms with E-state index in [0.717, 1.165) is 17.8 Å². The van der Waals surface area contributed by atoms with Gasteiger partial charge in [-0.05, 0) is 6.07 Å². The lowest BCUT2D eigenvalue weighted by molar-refractivity contribution is 0.586. The molecule has 0 bridgehead atoms. The van der Waals surface area contributed by atoms with Crippen molar-refractivity contribution in [3.05, 3.63) is 33.9 Å².